The molecule has 2 heterocycles. The van der Waals surface area contributed by atoms with E-state index in [1.807, 2.05) is 56.3 Å². The molecule has 4 rings (SSSR count). The van der Waals surface area contributed by atoms with E-state index in [9.17, 15) is 19.5 Å². The molecular formula is C29H38N4O5. The Morgan fingerprint density at radius 2 is 1.95 bits per heavy atom. The summed E-state index contributed by atoms with van der Waals surface area (Å²) < 4.78 is 5.83. The lowest BCUT2D eigenvalue weighted by atomic mass is 10.0. The van der Waals surface area contributed by atoms with E-state index in [1.165, 1.54) is 0 Å². The summed E-state index contributed by atoms with van der Waals surface area (Å²) in [6.45, 7) is 6.99. The van der Waals surface area contributed by atoms with Crippen molar-refractivity contribution in [2.24, 2.45) is 0 Å². The number of benzene rings is 2. The second-order valence-corrected chi connectivity index (χ2v) is 10.0. The standard InChI is InChI=1S/C29H38N4O5/c1-4-33(5-2)29(37)19-38-24-8-6-7-22(15-24)26(18-32-12-11-23(34)17-32)31(3)28(36)14-20-9-10-21-16-27(35)30-25(21)13-20/h6-10,13,15,23,26,34H,4-5,11-12,14,16-19H2,1-3H3,(H,30,35)/t23-,26+/m0/s1. The van der Waals surface area contributed by atoms with Crippen LogP contribution in [0.4, 0.5) is 5.69 Å². The number of ether oxygens (including phenoxy) is 1. The number of aliphatic hydroxyl groups excluding tert-OH is 1. The van der Waals surface area contributed by atoms with Crippen LogP contribution >= 0.6 is 0 Å². The van der Waals surface area contributed by atoms with Gasteiger partial charge >= 0.3 is 0 Å². The molecular weight excluding hydrogens is 484 g/mol. The van der Waals surface area contributed by atoms with Crippen molar-refractivity contribution in [3.8, 4) is 5.75 Å². The van der Waals surface area contributed by atoms with Gasteiger partial charge in [-0.1, -0.05) is 24.3 Å². The van der Waals surface area contributed by atoms with Crippen LogP contribution in [-0.2, 0) is 27.2 Å². The summed E-state index contributed by atoms with van der Waals surface area (Å²) in [6, 6.07) is 12.9. The summed E-state index contributed by atoms with van der Waals surface area (Å²) in [4.78, 5) is 43.2. The monoisotopic (exact) mass is 522 g/mol. The van der Waals surface area contributed by atoms with Crippen LogP contribution < -0.4 is 10.1 Å². The highest BCUT2D eigenvalue weighted by molar-refractivity contribution is 5.99. The van der Waals surface area contributed by atoms with Crippen molar-refractivity contribution < 1.29 is 24.2 Å². The molecule has 2 aliphatic heterocycles. The van der Waals surface area contributed by atoms with Gasteiger partial charge in [-0.15, -0.1) is 0 Å². The van der Waals surface area contributed by atoms with E-state index >= 15 is 0 Å². The normalized spacial score (nSPS) is 17.6. The third kappa shape index (κ3) is 6.71. The molecule has 2 N–H and O–H groups in total. The molecule has 38 heavy (non-hydrogen) atoms. The van der Waals surface area contributed by atoms with Gasteiger partial charge in [0.2, 0.25) is 11.8 Å². The maximum absolute atomic E-state index is 13.5. The minimum absolute atomic E-state index is 0.0330. The van der Waals surface area contributed by atoms with Gasteiger partial charge < -0.3 is 25.0 Å². The second kappa shape index (κ2) is 12.4. The van der Waals surface area contributed by atoms with Crippen molar-refractivity contribution in [3.05, 3.63) is 59.2 Å². The van der Waals surface area contributed by atoms with E-state index in [1.54, 1.807) is 16.8 Å². The molecule has 0 bridgehead atoms. The van der Waals surface area contributed by atoms with Gasteiger partial charge in [0, 0.05) is 45.5 Å². The molecule has 3 amide bonds. The quantitative estimate of drug-likeness (QED) is 0.469. The summed E-state index contributed by atoms with van der Waals surface area (Å²) in [6.07, 6.45) is 0.917. The highest BCUT2D eigenvalue weighted by Gasteiger charge is 2.29. The largest absolute Gasteiger partial charge is 0.484 e. The number of hydrogen-bond acceptors (Lipinski definition) is 6. The van der Waals surface area contributed by atoms with E-state index in [4.69, 9.17) is 4.74 Å². The zero-order valence-electron chi connectivity index (χ0n) is 22.5. The van der Waals surface area contributed by atoms with Gasteiger partial charge in [-0.05, 0) is 55.2 Å². The van der Waals surface area contributed by atoms with Crippen molar-refractivity contribution in [1.29, 1.82) is 0 Å². The molecule has 0 saturated carbocycles. The smallest absolute Gasteiger partial charge is 0.260 e. The van der Waals surface area contributed by atoms with Crippen molar-refractivity contribution in [2.75, 3.05) is 51.7 Å². The van der Waals surface area contributed by atoms with Crippen molar-refractivity contribution in [2.45, 2.75) is 45.3 Å². The number of fused-ring (bicyclic) bond motifs is 1. The number of carbonyl (C=O) groups excluding carboxylic acids is 3. The average Bonchev–Trinajstić information content (AvgIpc) is 3.49. The summed E-state index contributed by atoms with van der Waals surface area (Å²) in [7, 11) is 1.80. The Kier molecular flexibility index (Phi) is 9.01. The van der Waals surface area contributed by atoms with Crippen molar-refractivity contribution in [3.63, 3.8) is 0 Å². The molecule has 0 aliphatic carbocycles. The van der Waals surface area contributed by atoms with Crippen molar-refractivity contribution >= 4 is 23.4 Å². The molecule has 1 saturated heterocycles. The number of β-amino-alcohol motifs (C(OH)–C–C–N with tert-alkyl or cyclic N) is 1. The molecule has 2 aromatic carbocycles. The first-order valence-corrected chi connectivity index (χ1v) is 13.4. The number of aliphatic hydroxyl groups is 1. The number of likely N-dealkylation sites (tertiary alicyclic amines) is 1. The van der Waals surface area contributed by atoms with Gasteiger partial charge in [-0.25, -0.2) is 0 Å². The Morgan fingerprint density at radius 1 is 1.16 bits per heavy atom. The molecule has 0 radical (unpaired) electrons. The highest BCUT2D eigenvalue weighted by Crippen LogP contribution is 2.28. The van der Waals surface area contributed by atoms with Gasteiger partial charge in [-0.2, -0.15) is 0 Å². The number of nitrogens with one attached hydrogen (secondary N) is 1. The minimum atomic E-state index is -0.362. The van der Waals surface area contributed by atoms with E-state index in [0.717, 1.165) is 28.9 Å². The zero-order chi connectivity index (χ0) is 27.2. The number of hydrogen-bond donors (Lipinski definition) is 2. The maximum atomic E-state index is 13.5. The molecule has 2 aliphatic rings. The first-order chi connectivity index (χ1) is 18.3. The highest BCUT2D eigenvalue weighted by atomic mass is 16.5. The minimum Gasteiger partial charge on any atom is -0.484 e. The van der Waals surface area contributed by atoms with Crippen LogP contribution in [0.2, 0.25) is 0 Å². The van der Waals surface area contributed by atoms with Crippen LogP contribution in [-0.4, -0.2) is 90.0 Å². The van der Waals surface area contributed by atoms with Gasteiger partial charge in [0.15, 0.2) is 6.61 Å². The lowest BCUT2D eigenvalue weighted by Gasteiger charge is -2.32. The predicted molar refractivity (Wildman–Crippen MR) is 145 cm³/mol. The van der Waals surface area contributed by atoms with E-state index in [0.29, 0.717) is 44.8 Å². The van der Waals surface area contributed by atoms with E-state index in [-0.39, 0.29) is 42.9 Å². The topological polar surface area (TPSA) is 102 Å². The zero-order valence-corrected chi connectivity index (χ0v) is 22.5. The van der Waals surface area contributed by atoms with Gasteiger partial charge in [-0.3, -0.25) is 19.3 Å². The SMILES string of the molecule is CCN(CC)C(=O)COc1cccc([C@@H](CN2CC[C@H](O)C2)N(C)C(=O)Cc2ccc3c(c2)NC(=O)C3)c1. The number of rotatable bonds is 11. The van der Waals surface area contributed by atoms with E-state index in [2.05, 4.69) is 10.2 Å². The fourth-order valence-corrected chi connectivity index (χ4v) is 5.14. The molecule has 204 valence electrons. The first kappa shape index (κ1) is 27.6. The lowest BCUT2D eigenvalue weighted by molar-refractivity contribution is -0.133. The Morgan fingerprint density at radius 3 is 2.66 bits per heavy atom. The van der Waals surface area contributed by atoms with E-state index < -0.39 is 0 Å². The maximum Gasteiger partial charge on any atom is 0.260 e. The Labute approximate surface area is 224 Å². The molecule has 1 fully saturated rings. The molecule has 0 unspecified atom stereocenters. The Balaban J connectivity index is 1.50. The number of amides is 3. The third-order valence-electron chi connectivity index (χ3n) is 7.42. The van der Waals surface area contributed by atoms with Crippen molar-refractivity contribution in [1.82, 2.24) is 14.7 Å². The van der Waals surface area contributed by atoms with Crippen LogP contribution in [0.25, 0.3) is 0 Å². The summed E-state index contributed by atoms with van der Waals surface area (Å²) >= 11 is 0. The molecule has 9 nitrogen and oxygen atoms in total. The summed E-state index contributed by atoms with van der Waals surface area (Å²) in [5.41, 5.74) is 3.46. The fourth-order valence-electron chi connectivity index (χ4n) is 5.14. The number of nitrogens with zero attached hydrogens (tertiary/aromatic N) is 3. The number of anilines is 1. The second-order valence-electron chi connectivity index (χ2n) is 10.0. The van der Waals surface area contributed by atoms with Gasteiger partial charge in [0.1, 0.15) is 5.75 Å². The van der Waals surface area contributed by atoms with Gasteiger partial charge in [0.25, 0.3) is 5.91 Å². The summed E-state index contributed by atoms with van der Waals surface area (Å²) in [5, 5.41) is 12.9. The summed E-state index contributed by atoms with van der Waals surface area (Å²) in [5.74, 6) is 0.418. The van der Waals surface area contributed by atoms with Gasteiger partial charge in [0.05, 0.1) is 25.0 Å². The van der Waals surface area contributed by atoms with Crippen LogP contribution in [0.5, 0.6) is 5.75 Å². The predicted octanol–water partition coefficient (Wildman–Crippen LogP) is 2.24. The average molecular weight is 523 g/mol. The Bertz CT molecular complexity index is 1170. The molecule has 0 spiro atoms. The molecule has 9 heteroatoms. The fraction of sp³-hybridized carbons (Fsp3) is 0.483. The van der Waals surface area contributed by atoms with Crippen LogP contribution in [0.3, 0.4) is 0 Å². The van der Waals surface area contributed by atoms with Crippen LogP contribution in [0.1, 0.15) is 43.0 Å². The first-order valence-electron chi connectivity index (χ1n) is 13.4. The molecule has 0 aromatic heterocycles. The number of likely N-dealkylation sites (N-methyl/N-ethyl adjacent to an activating group) is 2. The third-order valence-corrected chi connectivity index (χ3v) is 7.42. The lowest BCUT2D eigenvalue weighted by Crippen LogP contribution is -2.39. The molecule has 2 aromatic rings. The van der Waals surface area contributed by atoms with Crippen LogP contribution in [0.15, 0.2) is 42.5 Å². The van der Waals surface area contributed by atoms with Crippen LogP contribution in [0, 0.1) is 0 Å². The Hall–Kier alpha value is -3.43. The number of carbonyl (C=O) groups is 3. The molecule has 2 atom stereocenters.